The number of hydrogen-bond donors (Lipinski definition) is 3. The van der Waals surface area contributed by atoms with Crippen molar-refractivity contribution in [2.45, 2.75) is 61.7 Å². The fraction of sp³-hybridized carbons (Fsp3) is 0.591. The van der Waals surface area contributed by atoms with E-state index in [-0.39, 0.29) is 35.6 Å². The van der Waals surface area contributed by atoms with Gasteiger partial charge in [0, 0.05) is 17.0 Å². The molecule has 3 amide bonds. The number of fused-ring (bicyclic) bond motifs is 1. The second-order valence-corrected chi connectivity index (χ2v) is 10.5. The van der Waals surface area contributed by atoms with Crippen LogP contribution in [0.25, 0.3) is 0 Å². The number of nitrogens with one attached hydrogen (secondary N) is 2. The molecular formula is C22H29N3O4S. The molecule has 3 aliphatic rings. The van der Waals surface area contributed by atoms with Gasteiger partial charge in [-0.15, -0.1) is 11.8 Å². The summed E-state index contributed by atoms with van der Waals surface area (Å²) >= 11 is 1.63. The van der Waals surface area contributed by atoms with Gasteiger partial charge in [0.15, 0.2) is 0 Å². The zero-order valence-corrected chi connectivity index (χ0v) is 18.3. The summed E-state index contributed by atoms with van der Waals surface area (Å²) in [6.45, 7) is 5.30. The first-order valence-corrected chi connectivity index (χ1v) is 11.4. The minimum Gasteiger partial charge on any atom is -0.394 e. The van der Waals surface area contributed by atoms with Gasteiger partial charge in [-0.1, -0.05) is 18.2 Å². The maximum Gasteiger partial charge on any atom is 0.244 e. The lowest BCUT2D eigenvalue weighted by Gasteiger charge is -2.36. The Kier molecular flexibility index (Phi) is 5.57. The number of amides is 3. The molecule has 1 aromatic rings. The number of aliphatic hydroxyl groups is 1. The summed E-state index contributed by atoms with van der Waals surface area (Å²) < 4.78 is -0.622. The van der Waals surface area contributed by atoms with Crippen LogP contribution in [0.5, 0.6) is 0 Å². The quantitative estimate of drug-likeness (QED) is 0.636. The Labute approximate surface area is 181 Å². The van der Waals surface area contributed by atoms with Crippen LogP contribution < -0.4 is 10.6 Å². The summed E-state index contributed by atoms with van der Waals surface area (Å²) in [6, 6.07) is 8.00. The van der Waals surface area contributed by atoms with Crippen LogP contribution in [-0.4, -0.2) is 62.5 Å². The lowest BCUT2D eigenvalue weighted by atomic mass is 9.70. The zero-order valence-electron chi connectivity index (χ0n) is 17.5. The highest BCUT2D eigenvalue weighted by atomic mass is 32.2. The van der Waals surface area contributed by atoms with Gasteiger partial charge in [0.05, 0.1) is 29.2 Å². The van der Waals surface area contributed by atoms with E-state index in [9.17, 15) is 19.5 Å². The average Bonchev–Trinajstić information content (AvgIpc) is 3.35. The first kappa shape index (κ1) is 21.2. The van der Waals surface area contributed by atoms with Crippen molar-refractivity contribution in [3.8, 4) is 0 Å². The summed E-state index contributed by atoms with van der Waals surface area (Å²) in [6.07, 6.45) is 1.52. The number of benzene rings is 1. The molecule has 0 radical (unpaired) electrons. The number of aliphatic hydroxyl groups excluding tert-OH is 1. The van der Waals surface area contributed by atoms with Crippen molar-refractivity contribution in [1.82, 2.24) is 10.2 Å². The second-order valence-electron chi connectivity index (χ2n) is 8.85. The number of hydrogen-bond acceptors (Lipinski definition) is 5. The normalized spacial score (nSPS) is 33.0. The van der Waals surface area contributed by atoms with Crippen LogP contribution in [0.15, 0.2) is 30.3 Å². The number of likely N-dealkylation sites (tertiary alicyclic amines) is 1. The van der Waals surface area contributed by atoms with Crippen LogP contribution in [0.4, 0.5) is 5.69 Å². The van der Waals surface area contributed by atoms with E-state index < -0.39 is 28.7 Å². The van der Waals surface area contributed by atoms with Crippen LogP contribution >= 0.6 is 11.8 Å². The highest BCUT2D eigenvalue weighted by Gasteiger charge is 2.74. The van der Waals surface area contributed by atoms with Crippen LogP contribution in [0.1, 0.15) is 33.6 Å². The molecule has 7 nitrogen and oxygen atoms in total. The predicted molar refractivity (Wildman–Crippen MR) is 116 cm³/mol. The molecule has 3 heterocycles. The van der Waals surface area contributed by atoms with Crippen molar-refractivity contribution in [1.29, 1.82) is 0 Å². The van der Waals surface area contributed by atoms with E-state index >= 15 is 0 Å². The molecule has 4 rings (SSSR count). The van der Waals surface area contributed by atoms with Gasteiger partial charge in [-0.25, -0.2) is 0 Å². The molecule has 3 N–H and O–H groups in total. The minimum atomic E-state index is -0.677. The molecule has 3 fully saturated rings. The van der Waals surface area contributed by atoms with Gasteiger partial charge >= 0.3 is 0 Å². The highest BCUT2D eigenvalue weighted by Crippen LogP contribution is 2.66. The Hall–Kier alpha value is -2.06. The van der Waals surface area contributed by atoms with Gasteiger partial charge in [-0.2, -0.15) is 0 Å². The van der Waals surface area contributed by atoms with Crippen molar-refractivity contribution in [3.63, 3.8) is 0 Å². The summed E-state index contributed by atoms with van der Waals surface area (Å²) in [4.78, 5) is 41.6. The molecule has 2 unspecified atom stereocenters. The molecule has 3 saturated heterocycles. The summed E-state index contributed by atoms with van der Waals surface area (Å²) in [5, 5.41) is 15.7. The van der Waals surface area contributed by atoms with Crippen LogP contribution in [0, 0.1) is 11.8 Å². The van der Waals surface area contributed by atoms with E-state index in [1.165, 1.54) is 0 Å². The molecule has 1 spiro atoms. The Morgan fingerprint density at radius 3 is 2.57 bits per heavy atom. The van der Waals surface area contributed by atoms with Gasteiger partial charge in [-0.3, -0.25) is 14.4 Å². The molecule has 6 atom stereocenters. The summed E-state index contributed by atoms with van der Waals surface area (Å²) in [5.74, 6) is -1.59. The Balaban J connectivity index is 1.69. The molecule has 8 heteroatoms. The van der Waals surface area contributed by atoms with Crippen molar-refractivity contribution in [2.24, 2.45) is 11.8 Å². The molecule has 0 aromatic heterocycles. The molecule has 2 bridgehead atoms. The van der Waals surface area contributed by atoms with Crippen molar-refractivity contribution in [3.05, 3.63) is 30.3 Å². The van der Waals surface area contributed by atoms with E-state index in [0.717, 1.165) is 12.8 Å². The second kappa shape index (κ2) is 7.89. The fourth-order valence-electron chi connectivity index (χ4n) is 5.36. The topological polar surface area (TPSA) is 98.7 Å². The number of anilines is 1. The lowest BCUT2D eigenvalue weighted by molar-refractivity contribution is -0.141. The SMILES string of the molecule is CC(C)NC(=O)C1N([C@H](C)CO)C(=O)[C@@H]2[C@H](C(=O)Nc3ccccc3)[C@@H]3CCC12S3. The standard InChI is InChI=1S/C22H29N3O4S/c1-12(2)23-20(28)18-22-10-9-15(30-22)16(17(22)21(29)25(18)13(3)11-26)19(27)24-14-7-5-4-6-8-14/h4-8,12-13,15-18,26H,9-11H2,1-3H3,(H,23,28)(H,24,27)/t13-,15+,16-,17+,18?,22?/m1/s1. The number of para-hydroxylation sites is 1. The first-order valence-electron chi connectivity index (χ1n) is 10.6. The van der Waals surface area contributed by atoms with E-state index in [1.807, 2.05) is 44.2 Å². The average molecular weight is 432 g/mol. The fourth-order valence-corrected chi connectivity index (χ4v) is 7.57. The number of carbonyl (C=O) groups excluding carboxylic acids is 3. The zero-order chi connectivity index (χ0) is 21.6. The highest BCUT2D eigenvalue weighted by molar-refractivity contribution is 8.02. The number of rotatable bonds is 6. The largest absolute Gasteiger partial charge is 0.394 e. The van der Waals surface area contributed by atoms with Crippen LogP contribution in [0.3, 0.4) is 0 Å². The molecule has 162 valence electrons. The van der Waals surface area contributed by atoms with Gasteiger partial charge in [0.1, 0.15) is 6.04 Å². The van der Waals surface area contributed by atoms with Gasteiger partial charge in [0.25, 0.3) is 0 Å². The first-order chi connectivity index (χ1) is 14.3. The predicted octanol–water partition coefficient (Wildman–Crippen LogP) is 1.62. The smallest absolute Gasteiger partial charge is 0.244 e. The number of thioether (sulfide) groups is 1. The summed E-state index contributed by atoms with van der Waals surface area (Å²) in [5.41, 5.74) is 0.699. The molecule has 1 aromatic carbocycles. The third-order valence-electron chi connectivity index (χ3n) is 6.50. The number of nitrogens with zero attached hydrogens (tertiary/aromatic N) is 1. The molecule has 3 aliphatic heterocycles. The molecule has 30 heavy (non-hydrogen) atoms. The van der Waals surface area contributed by atoms with Gasteiger partial charge in [-0.05, 0) is 45.7 Å². The summed E-state index contributed by atoms with van der Waals surface area (Å²) in [7, 11) is 0. The Morgan fingerprint density at radius 1 is 1.23 bits per heavy atom. The molecule has 0 saturated carbocycles. The molecular weight excluding hydrogens is 402 g/mol. The van der Waals surface area contributed by atoms with Crippen LogP contribution in [-0.2, 0) is 14.4 Å². The number of carbonyl (C=O) groups is 3. The van der Waals surface area contributed by atoms with E-state index in [2.05, 4.69) is 10.6 Å². The maximum atomic E-state index is 13.6. The van der Waals surface area contributed by atoms with Crippen molar-refractivity contribution < 1.29 is 19.5 Å². The molecule has 0 aliphatic carbocycles. The third kappa shape index (κ3) is 3.21. The van der Waals surface area contributed by atoms with Gasteiger partial charge < -0.3 is 20.6 Å². The lowest BCUT2D eigenvalue weighted by Crippen LogP contribution is -2.57. The Morgan fingerprint density at radius 2 is 1.93 bits per heavy atom. The maximum absolute atomic E-state index is 13.6. The van der Waals surface area contributed by atoms with Gasteiger partial charge in [0.2, 0.25) is 17.7 Å². The van der Waals surface area contributed by atoms with Crippen molar-refractivity contribution >= 4 is 35.2 Å². The van der Waals surface area contributed by atoms with E-state index in [0.29, 0.717) is 5.69 Å². The van der Waals surface area contributed by atoms with E-state index in [4.69, 9.17) is 0 Å². The minimum absolute atomic E-state index is 0.0172. The monoisotopic (exact) mass is 431 g/mol. The van der Waals surface area contributed by atoms with Crippen molar-refractivity contribution in [2.75, 3.05) is 11.9 Å². The van der Waals surface area contributed by atoms with E-state index in [1.54, 1.807) is 23.6 Å². The third-order valence-corrected chi connectivity index (χ3v) is 8.45. The van der Waals surface area contributed by atoms with Crippen LogP contribution in [0.2, 0.25) is 0 Å². The Bertz CT molecular complexity index is 848.